The summed E-state index contributed by atoms with van der Waals surface area (Å²) in [6.45, 7) is 0. The number of aromatic amines is 1. The van der Waals surface area contributed by atoms with Crippen LogP contribution in [0.4, 0.5) is 14.5 Å². The molecule has 1 aromatic carbocycles. The van der Waals surface area contributed by atoms with Crippen molar-refractivity contribution in [1.82, 2.24) is 14.8 Å². The lowest BCUT2D eigenvalue weighted by Gasteiger charge is -2.04. The van der Waals surface area contributed by atoms with Crippen molar-refractivity contribution in [3.05, 3.63) is 50.7 Å². The van der Waals surface area contributed by atoms with Crippen molar-refractivity contribution in [1.29, 1.82) is 0 Å². The quantitative estimate of drug-likeness (QED) is 0.663. The average Bonchev–Trinajstić information content (AvgIpc) is 2.71. The SMILES string of the molecule is O=c1[nH]nc(C(F)F)n1-c1ccc([N+](=O)[O-])cc1. The largest absolute Gasteiger partial charge is 0.348 e. The summed E-state index contributed by atoms with van der Waals surface area (Å²) in [4.78, 5) is 21.2. The Hall–Kier alpha value is -2.58. The number of nitrogens with one attached hydrogen (secondary N) is 1. The number of H-pyrrole nitrogens is 1. The zero-order chi connectivity index (χ0) is 13.3. The van der Waals surface area contributed by atoms with Crippen LogP contribution >= 0.6 is 0 Å². The highest BCUT2D eigenvalue weighted by Gasteiger charge is 2.19. The highest BCUT2D eigenvalue weighted by atomic mass is 19.3. The van der Waals surface area contributed by atoms with E-state index in [4.69, 9.17) is 0 Å². The number of non-ortho nitro benzene ring substituents is 1. The van der Waals surface area contributed by atoms with Gasteiger partial charge < -0.3 is 0 Å². The maximum Gasteiger partial charge on any atom is 0.348 e. The second kappa shape index (κ2) is 4.35. The van der Waals surface area contributed by atoms with Crippen molar-refractivity contribution < 1.29 is 13.7 Å². The van der Waals surface area contributed by atoms with Crippen molar-refractivity contribution in [3.63, 3.8) is 0 Å². The lowest BCUT2D eigenvalue weighted by Crippen LogP contribution is -2.17. The second-order valence-electron chi connectivity index (χ2n) is 3.30. The third-order valence-electron chi connectivity index (χ3n) is 2.21. The van der Waals surface area contributed by atoms with Crippen LogP contribution in [0.25, 0.3) is 5.69 Å². The van der Waals surface area contributed by atoms with Gasteiger partial charge in [-0.2, -0.15) is 5.10 Å². The van der Waals surface area contributed by atoms with Gasteiger partial charge in [-0.15, -0.1) is 0 Å². The summed E-state index contributed by atoms with van der Waals surface area (Å²) in [6, 6.07) is 4.62. The molecule has 2 aromatic rings. The third kappa shape index (κ3) is 1.97. The lowest BCUT2D eigenvalue weighted by molar-refractivity contribution is -0.384. The van der Waals surface area contributed by atoms with Crippen molar-refractivity contribution in [2.24, 2.45) is 0 Å². The molecule has 0 saturated heterocycles. The minimum atomic E-state index is -2.93. The summed E-state index contributed by atoms with van der Waals surface area (Å²) in [5, 5.41) is 15.5. The molecule has 0 amide bonds. The van der Waals surface area contributed by atoms with Crippen LogP contribution < -0.4 is 5.69 Å². The second-order valence-corrected chi connectivity index (χ2v) is 3.30. The molecule has 7 nitrogen and oxygen atoms in total. The Morgan fingerprint density at radius 2 is 1.94 bits per heavy atom. The molecule has 0 radical (unpaired) electrons. The zero-order valence-electron chi connectivity index (χ0n) is 8.71. The van der Waals surface area contributed by atoms with Gasteiger partial charge in [0.2, 0.25) is 5.82 Å². The van der Waals surface area contributed by atoms with Crippen LogP contribution in [-0.4, -0.2) is 19.7 Å². The van der Waals surface area contributed by atoms with Crippen molar-refractivity contribution in [2.75, 3.05) is 0 Å². The maximum atomic E-state index is 12.6. The molecule has 0 aliphatic heterocycles. The maximum absolute atomic E-state index is 12.6. The average molecular weight is 256 g/mol. The molecule has 1 N–H and O–H groups in total. The summed E-state index contributed by atoms with van der Waals surface area (Å²) >= 11 is 0. The van der Waals surface area contributed by atoms with Gasteiger partial charge in [0.1, 0.15) is 0 Å². The number of halogens is 2. The molecule has 0 spiro atoms. The van der Waals surface area contributed by atoms with E-state index in [9.17, 15) is 23.7 Å². The molecule has 0 unspecified atom stereocenters. The van der Waals surface area contributed by atoms with Gasteiger partial charge in [-0.05, 0) is 12.1 Å². The molecule has 0 bridgehead atoms. The van der Waals surface area contributed by atoms with Gasteiger partial charge in [-0.25, -0.2) is 23.2 Å². The normalized spacial score (nSPS) is 10.8. The topological polar surface area (TPSA) is 93.8 Å². The van der Waals surface area contributed by atoms with E-state index in [-0.39, 0.29) is 11.4 Å². The molecule has 0 atom stereocenters. The van der Waals surface area contributed by atoms with E-state index in [1.54, 1.807) is 0 Å². The Morgan fingerprint density at radius 3 is 2.44 bits per heavy atom. The molecule has 0 saturated carbocycles. The van der Waals surface area contributed by atoms with Crippen LogP contribution in [0.2, 0.25) is 0 Å². The predicted molar refractivity (Wildman–Crippen MR) is 55.8 cm³/mol. The molecule has 0 fully saturated rings. The third-order valence-corrected chi connectivity index (χ3v) is 2.21. The monoisotopic (exact) mass is 256 g/mol. The fourth-order valence-electron chi connectivity index (χ4n) is 1.43. The lowest BCUT2D eigenvalue weighted by atomic mass is 10.3. The van der Waals surface area contributed by atoms with E-state index in [0.29, 0.717) is 4.57 Å². The fourth-order valence-corrected chi connectivity index (χ4v) is 1.43. The van der Waals surface area contributed by atoms with Crippen LogP contribution in [0.15, 0.2) is 29.1 Å². The minimum Gasteiger partial charge on any atom is -0.258 e. The van der Waals surface area contributed by atoms with Gasteiger partial charge in [-0.1, -0.05) is 0 Å². The summed E-state index contributed by atoms with van der Waals surface area (Å²) in [5.74, 6) is -0.742. The fraction of sp³-hybridized carbons (Fsp3) is 0.111. The minimum absolute atomic E-state index is 0.0784. The molecule has 0 aliphatic rings. The number of nitro groups is 1. The zero-order valence-corrected chi connectivity index (χ0v) is 8.71. The first-order chi connectivity index (χ1) is 8.50. The van der Waals surface area contributed by atoms with Gasteiger partial charge in [0.25, 0.3) is 12.1 Å². The van der Waals surface area contributed by atoms with Crippen molar-refractivity contribution >= 4 is 5.69 Å². The van der Waals surface area contributed by atoms with Gasteiger partial charge in [0, 0.05) is 12.1 Å². The van der Waals surface area contributed by atoms with E-state index < -0.39 is 22.9 Å². The molecular weight excluding hydrogens is 250 g/mol. The Labute approximate surface area is 97.8 Å². The summed E-state index contributed by atoms with van der Waals surface area (Å²) in [6.07, 6.45) is -2.93. The highest BCUT2D eigenvalue weighted by molar-refractivity contribution is 5.41. The number of nitro benzene ring substituents is 1. The van der Waals surface area contributed by atoms with E-state index in [0.717, 1.165) is 12.1 Å². The van der Waals surface area contributed by atoms with E-state index in [2.05, 4.69) is 5.10 Å². The molecule has 18 heavy (non-hydrogen) atoms. The number of benzene rings is 1. The number of alkyl halides is 2. The molecule has 94 valence electrons. The Morgan fingerprint density at radius 1 is 1.33 bits per heavy atom. The Bertz CT molecular complexity index is 632. The molecular formula is C9H6F2N4O3. The highest BCUT2D eigenvalue weighted by Crippen LogP contribution is 2.19. The molecule has 2 rings (SSSR count). The molecule has 0 aliphatic carbocycles. The Balaban J connectivity index is 2.52. The van der Waals surface area contributed by atoms with Gasteiger partial charge >= 0.3 is 5.69 Å². The van der Waals surface area contributed by atoms with Crippen LogP contribution in [0, 0.1) is 10.1 Å². The van der Waals surface area contributed by atoms with Gasteiger partial charge in [-0.3, -0.25) is 10.1 Å². The van der Waals surface area contributed by atoms with Crippen LogP contribution in [0.5, 0.6) is 0 Å². The van der Waals surface area contributed by atoms with Crippen LogP contribution in [-0.2, 0) is 0 Å². The number of aromatic nitrogens is 3. The van der Waals surface area contributed by atoms with Gasteiger partial charge in [0.05, 0.1) is 10.6 Å². The summed E-state index contributed by atoms with van der Waals surface area (Å²) in [5.41, 5.74) is -0.956. The van der Waals surface area contributed by atoms with Crippen molar-refractivity contribution in [3.8, 4) is 5.69 Å². The van der Waals surface area contributed by atoms with Crippen LogP contribution in [0.1, 0.15) is 12.2 Å². The summed E-state index contributed by atoms with van der Waals surface area (Å²) < 4.78 is 25.8. The number of hydrogen-bond acceptors (Lipinski definition) is 4. The first-order valence-corrected chi connectivity index (χ1v) is 4.71. The number of hydrogen-bond donors (Lipinski definition) is 1. The first-order valence-electron chi connectivity index (χ1n) is 4.71. The first kappa shape index (κ1) is 11.9. The van der Waals surface area contributed by atoms with Crippen molar-refractivity contribution in [2.45, 2.75) is 6.43 Å². The Kier molecular flexibility index (Phi) is 2.88. The van der Waals surface area contributed by atoms with Gasteiger partial charge in [0.15, 0.2) is 0 Å². The predicted octanol–water partition coefficient (Wildman–Crippen LogP) is 1.41. The van der Waals surface area contributed by atoms with E-state index >= 15 is 0 Å². The standard InChI is InChI=1S/C9H6F2N4O3/c10-7(11)8-12-13-9(16)14(8)5-1-3-6(4-2-5)15(17)18/h1-4,7H,(H,13,16). The molecule has 1 heterocycles. The molecule has 1 aromatic heterocycles. The smallest absolute Gasteiger partial charge is 0.258 e. The van der Waals surface area contributed by atoms with E-state index in [1.807, 2.05) is 5.10 Å². The number of nitrogens with zero attached hydrogens (tertiary/aromatic N) is 3. The number of rotatable bonds is 3. The van der Waals surface area contributed by atoms with Crippen LogP contribution in [0.3, 0.4) is 0 Å². The van der Waals surface area contributed by atoms with E-state index in [1.165, 1.54) is 12.1 Å². The molecule has 9 heteroatoms. The summed E-state index contributed by atoms with van der Waals surface area (Å²) in [7, 11) is 0.